The van der Waals surface area contributed by atoms with Crippen LogP contribution in [-0.4, -0.2) is 19.2 Å². The molecule has 0 bridgehead atoms. The number of benzene rings is 2. The molecule has 0 aliphatic carbocycles. The quantitative estimate of drug-likeness (QED) is 0.616. The highest BCUT2D eigenvalue weighted by Gasteiger charge is 2.10. The molecule has 0 radical (unpaired) electrons. The van der Waals surface area contributed by atoms with Crippen LogP contribution in [0.2, 0.25) is 0 Å². The van der Waals surface area contributed by atoms with E-state index < -0.39 is 0 Å². The van der Waals surface area contributed by atoms with Crippen LogP contribution in [0.25, 0.3) is 0 Å². The summed E-state index contributed by atoms with van der Waals surface area (Å²) >= 11 is 0. The summed E-state index contributed by atoms with van der Waals surface area (Å²) < 4.78 is 10.7. The molecule has 0 atom stereocenters. The van der Waals surface area contributed by atoms with Gasteiger partial charge in [-0.05, 0) is 37.6 Å². The van der Waals surface area contributed by atoms with E-state index in [2.05, 4.69) is 0 Å². The first kappa shape index (κ1) is 14.1. The molecule has 0 fully saturated rings. The second-order valence-electron chi connectivity index (χ2n) is 4.62. The first-order chi connectivity index (χ1) is 9.66. The van der Waals surface area contributed by atoms with E-state index in [1.54, 1.807) is 0 Å². The van der Waals surface area contributed by atoms with Crippen molar-refractivity contribution in [3.8, 4) is 5.75 Å². The van der Waals surface area contributed by atoms with Gasteiger partial charge in [0.15, 0.2) is 0 Å². The molecule has 2 aromatic rings. The summed E-state index contributed by atoms with van der Waals surface area (Å²) in [5, 5.41) is 0. The molecule has 0 unspecified atom stereocenters. The molecule has 104 valence electrons. The molecular formula is C17H18O3. The first-order valence-corrected chi connectivity index (χ1v) is 6.59. The molecule has 3 heteroatoms. The van der Waals surface area contributed by atoms with E-state index in [-0.39, 0.29) is 12.6 Å². The SMILES string of the molecule is Cc1ccc(C)c(C(=O)OCCOc2ccccc2)c1. The zero-order chi connectivity index (χ0) is 14.4. The zero-order valence-electron chi connectivity index (χ0n) is 11.8. The number of aryl methyl sites for hydroxylation is 2. The van der Waals surface area contributed by atoms with E-state index in [0.29, 0.717) is 12.2 Å². The van der Waals surface area contributed by atoms with Gasteiger partial charge in [0.25, 0.3) is 0 Å². The van der Waals surface area contributed by atoms with Crippen molar-refractivity contribution in [3.63, 3.8) is 0 Å². The monoisotopic (exact) mass is 270 g/mol. The molecule has 0 aromatic heterocycles. The van der Waals surface area contributed by atoms with Gasteiger partial charge >= 0.3 is 5.97 Å². The molecule has 0 saturated carbocycles. The predicted molar refractivity (Wildman–Crippen MR) is 78.1 cm³/mol. The predicted octanol–water partition coefficient (Wildman–Crippen LogP) is 3.54. The van der Waals surface area contributed by atoms with Crippen molar-refractivity contribution < 1.29 is 14.3 Å². The lowest BCUT2D eigenvalue weighted by molar-refractivity contribution is 0.0449. The molecular weight excluding hydrogens is 252 g/mol. The number of rotatable bonds is 5. The lowest BCUT2D eigenvalue weighted by Crippen LogP contribution is -2.13. The third-order valence-corrected chi connectivity index (χ3v) is 2.94. The smallest absolute Gasteiger partial charge is 0.338 e. The Labute approximate surface area is 119 Å². The second kappa shape index (κ2) is 6.75. The summed E-state index contributed by atoms with van der Waals surface area (Å²) in [7, 11) is 0. The van der Waals surface area contributed by atoms with Crippen LogP contribution in [0.4, 0.5) is 0 Å². The van der Waals surface area contributed by atoms with Gasteiger partial charge in [0.05, 0.1) is 5.56 Å². The number of hydrogen-bond acceptors (Lipinski definition) is 3. The van der Waals surface area contributed by atoms with Gasteiger partial charge in [-0.1, -0.05) is 35.9 Å². The molecule has 0 spiro atoms. The Hall–Kier alpha value is -2.29. The molecule has 0 aliphatic rings. The fourth-order valence-corrected chi connectivity index (χ4v) is 1.84. The van der Waals surface area contributed by atoms with Crippen molar-refractivity contribution in [2.45, 2.75) is 13.8 Å². The highest BCUT2D eigenvalue weighted by molar-refractivity contribution is 5.91. The molecule has 0 N–H and O–H groups in total. The van der Waals surface area contributed by atoms with Crippen LogP contribution in [0.3, 0.4) is 0 Å². The molecule has 20 heavy (non-hydrogen) atoms. The van der Waals surface area contributed by atoms with Crippen LogP contribution >= 0.6 is 0 Å². The molecule has 0 aliphatic heterocycles. The van der Waals surface area contributed by atoms with Crippen molar-refractivity contribution in [2.75, 3.05) is 13.2 Å². The first-order valence-electron chi connectivity index (χ1n) is 6.59. The topological polar surface area (TPSA) is 35.5 Å². The fourth-order valence-electron chi connectivity index (χ4n) is 1.84. The van der Waals surface area contributed by atoms with Gasteiger partial charge in [-0.25, -0.2) is 4.79 Å². The van der Waals surface area contributed by atoms with Gasteiger partial charge < -0.3 is 9.47 Å². The van der Waals surface area contributed by atoms with E-state index in [1.807, 2.05) is 62.4 Å². The zero-order valence-corrected chi connectivity index (χ0v) is 11.8. The number of hydrogen-bond donors (Lipinski definition) is 0. The van der Waals surface area contributed by atoms with Crippen LogP contribution in [0, 0.1) is 13.8 Å². The van der Waals surface area contributed by atoms with Crippen LogP contribution in [0.1, 0.15) is 21.5 Å². The Balaban J connectivity index is 1.82. The van der Waals surface area contributed by atoms with Crippen molar-refractivity contribution in [2.24, 2.45) is 0 Å². The van der Waals surface area contributed by atoms with Gasteiger partial charge in [0.1, 0.15) is 19.0 Å². The molecule has 0 heterocycles. The third-order valence-electron chi connectivity index (χ3n) is 2.94. The van der Waals surface area contributed by atoms with Gasteiger partial charge in [0, 0.05) is 0 Å². The maximum atomic E-state index is 12.0. The van der Waals surface area contributed by atoms with E-state index >= 15 is 0 Å². The highest BCUT2D eigenvalue weighted by Crippen LogP contribution is 2.12. The average molecular weight is 270 g/mol. The normalized spacial score (nSPS) is 10.1. The third kappa shape index (κ3) is 3.85. The fraction of sp³-hybridized carbons (Fsp3) is 0.235. The van der Waals surface area contributed by atoms with Crippen molar-refractivity contribution in [1.82, 2.24) is 0 Å². The molecule has 2 aromatic carbocycles. The van der Waals surface area contributed by atoms with Gasteiger partial charge in [-0.2, -0.15) is 0 Å². The summed E-state index contributed by atoms with van der Waals surface area (Å²) in [5.74, 6) is 0.471. The maximum Gasteiger partial charge on any atom is 0.338 e. The summed E-state index contributed by atoms with van der Waals surface area (Å²) in [6.07, 6.45) is 0. The maximum absolute atomic E-state index is 12.0. The number of esters is 1. The van der Waals surface area contributed by atoms with E-state index in [1.165, 1.54) is 0 Å². The molecule has 2 rings (SSSR count). The van der Waals surface area contributed by atoms with Crippen molar-refractivity contribution >= 4 is 5.97 Å². The van der Waals surface area contributed by atoms with Crippen LogP contribution in [0.15, 0.2) is 48.5 Å². The van der Waals surface area contributed by atoms with Gasteiger partial charge in [0.2, 0.25) is 0 Å². The Morgan fingerprint density at radius 3 is 2.50 bits per heavy atom. The van der Waals surface area contributed by atoms with Crippen LogP contribution < -0.4 is 4.74 Å². The lowest BCUT2D eigenvalue weighted by atomic mass is 10.1. The van der Waals surface area contributed by atoms with E-state index in [9.17, 15) is 4.79 Å². The molecule has 3 nitrogen and oxygen atoms in total. The largest absolute Gasteiger partial charge is 0.490 e. The summed E-state index contributed by atoms with van der Waals surface area (Å²) in [5.41, 5.74) is 2.58. The van der Waals surface area contributed by atoms with Gasteiger partial charge in [-0.15, -0.1) is 0 Å². The Kier molecular flexibility index (Phi) is 4.77. The minimum atomic E-state index is -0.303. The number of carbonyl (C=O) groups excluding carboxylic acids is 1. The number of ether oxygens (including phenoxy) is 2. The Bertz CT molecular complexity index is 576. The van der Waals surface area contributed by atoms with E-state index in [4.69, 9.17) is 9.47 Å². The molecule has 0 saturated heterocycles. The Morgan fingerprint density at radius 2 is 1.75 bits per heavy atom. The minimum absolute atomic E-state index is 0.237. The minimum Gasteiger partial charge on any atom is -0.490 e. The Morgan fingerprint density at radius 1 is 1.00 bits per heavy atom. The van der Waals surface area contributed by atoms with Crippen LogP contribution in [-0.2, 0) is 4.74 Å². The van der Waals surface area contributed by atoms with Gasteiger partial charge in [-0.3, -0.25) is 0 Å². The van der Waals surface area contributed by atoms with Crippen LogP contribution in [0.5, 0.6) is 5.75 Å². The second-order valence-corrected chi connectivity index (χ2v) is 4.62. The lowest BCUT2D eigenvalue weighted by Gasteiger charge is -2.09. The van der Waals surface area contributed by atoms with Crippen molar-refractivity contribution in [1.29, 1.82) is 0 Å². The van der Waals surface area contributed by atoms with E-state index in [0.717, 1.165) is 16.9 Å². The average Bonchev–Trinajstić information content (AvgIpc) is 2.47. The summed E-state index contributed by atoms with van der Waals surface area (Å²) in [6, 6.07) is 15.2. The standard InChI is InChI=1S/C17H18O3/c1-13-8-9-14(2)16(12-13)17(18)20-11-10-19-15-6-4-3-5-7-15/h3-9,12H,10-11H2,1-2H3. The van der Waals surface area contributed by atoms with Crippen molar-refractivity contribution in [3.05, 3.63) is 65.2 Å². The molecule has 0 amide bonds. The highest BCUT2D eigenvalue weighted by atomic mass is 16.6. The summed E-state index contributed by atoms with van der Waals surface area (Å²) in [6.45, 7) is 4.44. The summed E-state index contributed by atoms with van der Waals surface area (Å²) in [4.78, 5) is 12.0. The number of para-hydroxylation sites is 1. The number of carbonyl (C=O) groups is 1.